The van der Waals surface area contributed by atoms with Crippen molar-refractivity contribution in [2.45, 2.75) is 126 Å². The highest BCUT2D eigenvalue weighted by Gasteiger charge is 2.46. The van der Waals surface area contributed by atoms with Crippen molar-refractivity contribution in [2.75, 3.05) is 66.3 Å². The molecule has 13 N–H and O–H groups in total. The Kier molecular flexibility index (Phi) is 26.3. The molecule has 0 bridgehead atoms. The Labute approximate surface area is 369 Å². The molecular weight excluding hydrogens is 910 g/mol. The lowest BCUT2D eigenvalue weighted by Gasteiger charge is -2.42. The number of carbonyl (C=O) groups is 4. The van der Waals surface area contributed by atoms with Crippen LogP contribution in [0.1, 0.15) is 52.4 Å². The van der Waals surface area contributed by atoms with E-state index in [9.17, 15) is 69.5 Å². The molecule has 6 unspecified atom stereocenters. The molecule has 0 spiro atoms. The molecule has 0 aromatic carbocycles. The number of carbonyl (C=O) groups excluding carboxylic acids is 4. The minimum absolute atomic E-state index is 0.0140. The van der Waals surface area contributed by atoms with Crippen molar-refractivity contribution in [3.63, 3.8) is 0 Å². The van der Waals surface area contributed by atoms with Gasteiger partial charge in [-0.05, 0) is 37.5 Å². The highest BCUT2D eigenvalue weighted by atomic mass is 32.5. The average molecular weight is 975 g/mol. The maximum atomic E-state index is 12.8. The van der Waals surface area contributed by atoms with Crippen LogP contribution >= 0.6 is 14.3 Å². The molecule has 29 heteroatoms. The van der Waals surface area contributed by atoms with Gasteiger partial charge < -0.3 is 95.0 Å². The van der Waals surface area contributed by atoms with E-state index in [0.29, 0.717) is 12.8 Å². The first kappa shape index (κ1) is 57.2. The van der Waals surface area contributed by atoms with Crippen molar-refractivity contribution < 1.29 is 107 Å². The molecule has 368 valence electrons. The molecule has 0 aliphatic carbocycles. The van der Waals surface area contributed by atoms with Gasteiger partial charge in [-0.1, -0.05) is 0 Å². The second-order valence-corrected chi connectivity index (χ2v) is 19.5. The van der Waals surface area contributed by atoms with Crippen LogP contribution in [0, 0.1) is 0 Å². The fourth-order valence-electron chi connectivity index (χ4n) is 5.95. The van der Waals surface area contributed by atoms with Crippen LogP contribution in [0.15, 0.2) is 0 Å². The third-order valence-electron chi connectivity index (χ3n) is 9.29. The molecule has 2 aliphatic heterocycles. The minimum atomic E-state index is -4.06. The molecule has 2 aliphatic rings. The van der Waals surface area contributed by atoms with Crippen molar-refractivity contribution in [1.82, 2.24) is 21.3 Å². The maximum absolute atomic E-state index is 12.8. The number of rotatable bonds is 30. The van der Waals surface area contributed by atoms with Crippen LogP contribution in [0.5, 0.6) is 0 Å². The summed E-state index contributed by atoms with van der Waals surface area (Å²) in [5.74, 6) is -2.02. The normalized spacial score (nSPS) is 29.1. The number of nitrogens with one attached hydrogen (secondary N) is 4. The summed E-state index contributed by atoms with van der Waals surface area (Å²) >= 11 is 4.91. The van der Waals surface area contributed by atoms with Crippen molar-refractivity contribution in [3.05, 3.63) is 0 Å². The average Bonchev–Trinajstić information content (AvgIpc) is 3.22. The van der Waals surface area contributed by atoms with Gasteiger partial charge in [0, 0.05) is 46.6 Å². The molecule has 2 heterocycles. The summed E-state index contributed by atoms with van der Waals surface area (Å²) < 4.78 is 55.4. The predicted molar refractivity (Wildman–Crippen MR) is 217 cm³/mol. The molecule has 14 atom stereocenters. The summed E-state index contributed by atoms with van der Waals surface area (Å²) in [6, 6.07) is -4.24. The van der Waals surface area contributed by atoms with Crippen LogP contribution in [0.25, 0.3) is 0 Å². The van der Waals surface area contributed by atoms with Crippen LogP contribution in [0.4, 0.5) is 0 Å². The Morgan fingerprint density at radius 3 is 1.44 bits per heavy atom. The summed E-state index contributed by atoms with van der Waals surface area (Å²) in [7, 11) is -3.91. The molecule has 63 heavy (non-hydrogen) atoms. The van der Waals surface area contributed by atoms with E-state index in [0.717, 1.165) is 6.66 Å². The van der Waals surface area contributed by atoms with E-state index in [2.05, 4.69) is 21.3 Å². The number of unbranched alkanes of at least 4 members (excludes halogenated alkanes) is 2. The summed E-state index contributed by atoms with van der Waals surface area (Å²) in [5.41, 5.74) is 0. The summed E-state index contributed by atoms with van der Waals surface area (Å²) in [5, 5.41) is 89.1. The Morgan fingerprint density at radius 1 is 0.651 bits per heavy atom. The second-order valence-electron chi connectivity index (χ2n) is 14.6. The number of ether oxygens (including phenoxy) is 4. The van der Waals surface area contributed by atoms with E-state index in [-0.39, 0.29) is 38.9 Å². The van der Waals surface area contributed by atoms with Crippen molar-refractivity contribution in [2.24, 2.45) is 0 Å². The molecule has 0 aromatic heterocycles. The number of hydrogen-bond acceptors (Lipinski definition) is 22. The first-order valence-corrected chi connectivity index (χ1v) is 24.6. The molecule has 0 saturated carbocycles. The summed E-state index contributed by atoms with van der Waals surface area (Å²) in [6.07, 6.45) is -9.42. The largest absolute Gasteiger partial charge is 0.394 e. The standard InChI is InChI=1S/C34H64N4O22P2S/c1-19(43)35-27-31(49)29(47)23(14-41)59-33(27)53-10-6-4-8-25(45)37-21(12-39)16-55-61(3,51)57-18-58-62(52,63)56-17-22(13-40)38-26(46)9-5-7-11-54-34-28(36-20(2)44)32(50)30(48)24(15-42)60-34/h21-24,27-34,39-42,47-50H,4-18H2,1-3H3,(H,35,43)(H,36,44)(H,37,45)(H,38,46)(H,52,63)/t21-,22+,23?,24?,27?,28?,29-,30-,31+,32+,33+,34+,61?,62?/m0/s1. The fraction of sp³-hybridized carbons (Fsp3) is 0.882. The predicted octanol–water partition coefficient (Wildman–Crippen LogP) is -4.73. The Hall–Kier alpha value is -1.92. The van der Waals surface area contributed by atoms with Gasteiger partial charge in [0.15, 0.2) is 19.4 Å². The van der Waals surface area contributed by atoms with E-state index in [4.69, 9.17) is 48.8 Å². The lowest BCUT2D eigenvalue weighted by molar-refractivity contribution is -0.270. The van der Waals surface area contributed by atoms with Crippen LogP contribution < -0.4 is 21.3 Å². The van der Waals surface area contributed by atoms with Gasteiger partial charge in [0.1, 0.15) is 48.7 Å². The Bertz CT molecular complexity index is 1400. The van der Waals surface area contributed by atoms with Crippen LogP contribution in [0.3, 0.4) is 0 Å². The SMILES string of the molecule is CC(=O)NC1[C@H](OCCCCC(=O)N[C@H](CO)COP(O)(=S)OCOP(C)(=O)OC[C@H](CO)NC(=O)CCCCO[C@@H]2OC(CO)[C@H](O)[C@H](O)C2NC(C)=O)OC(CO)[C@H](O)[C@@H]1O. The zero-order chi connectivity index (χ0) is 47.3. The van der Waals surface area contributed by atoms with Gasteiger partial charge in [-0.2, -0.15) is 0 Å². The fourth-order valence-corrected chi connectivity index (χ4v) is 7.74. The van der Waals surface area contributed by atoms with E-state index in [1.165, 1.54) is 13.8 Å². The van der Waals surface area contributed by atoms with Crippen LogP contribution in [0.2, 0.25) is 0 Å². The highest BCUT2D eigenvalue weighted by molar-refractivity contribution is 8.07. The van der Waals surface area contributed by atoms with E-state index in [1.54, 1.807) is 0 Å². The molecule has 4 amide bonds. The van der Waals surface area contributed by atoms with Gasteiger partial charge in [-0.3, -0.25) is 32.8 Å². The smallest absolute Gasteiger partial charge is 0.329 e. The third-order valence-corrected chi connectivity index (χ3v) is 12.0. The Morgan fingerprint density at radius 2 is 1.06 bits per heavy atom. The monoisotopic (exact) mass is 974 g/mol. The van der Waals surface area contributed by atoms with Gasteiger partial charge in [0.05, 0.1) is 51.7 Å². The highest BCUT2D eigenvalue weighted by Crippen LogP contribution is 2.48. The van der Waals surface area contributed by atoms with Crippen molar-refractivity contribution in [3.8, 4) is 0 Å². The second kappa shape index (κ2) is 29.0. The topological polar surface area (TPSA) is 389 Å². The zero-order valence-electron chi connectivity index (χ0n) is 35.2. The lowest BCUT2D eigenvalue weighted by Crippen LogP contribution is -2.64. The molecule has 2 saturated heterocycles. The first-order chi connectivity index (χ1) is 29.7. The number of aliphatic hydroxyl groups is 8. The summed E-state index contributed by atoms with van der Waals surface area (Å²) in [6.45, 7) is -4.80. The van der Waals surface area contributed by atoms with Gasteiger partial charge >= 0.3 is 14.3 Å². The van der Waals surface area contributed by atoms with E-state index in [1.807, 2.05) is 0 Å². The minimum Gasteiger partial charge on any atom is -0.394 e. The molecule has 2 fully saturated rings. The van der Waals surface area contributed by atoms with Gasteiger partial charge in [-0.15, -0.1) is 0 Å². The number of hydrogen-bond donors (Lipinski definition) is 13. The summed E-state index contributed by atoms with van der Waals surface area (Å²) in [4.78, 5) is 58.4. The van der Waals surface area contributed by atoms with Crippen LogP contribution in [-0.4, -0.2) is 209 Å². The Balaban J connectivity index is 1.66. The third kappa shape index (κ3) is 21.1. The quantitative estimate of drug-likeness (QED) is 0.0183. The zero-order valence-corrected chi connectivity index (χ0v) is 37.8. The molecular formula is C34H64N4O22P2S. The van der Waals surface area contributed by atoms with E-state index < -0.39 is 158 Å². The van der Waals surface area contributed by atoms with Gasteiger partial charge in [0.25, 0.3) is 0 Å². The molecule has 26 nitrogen and oxygen atoms in total. The van der Waals surface area contributed by atoms with Crippen molar-refractivity contribution in [1.29, 1.82) is 0 Å². The van der Waals surface area contributed by atoms with Crippen molar-refractivity contribution >= 4 is 49.7 Å². The van der Waals surface area contributed by atoms with Gasteiger partial charge in [-0.25, -0.2) is 0 Å². The number of aliphatic hydroxyl groups excluding tert-OH is 8. The molecule has 0 aromatic rings. The van der Waals surface area contributed by atoms with E-state index >= 15 is 0 Å². The lowest BCUT2D eigenvalue weighted by atomic mass is 9.97. The molecule has 0 radical (unpaired) electrons. The maximum Gasteiger partial charge on any atom is 0.329 e. The first-order valence-electron chi connectivity index (χ1n) is 20.0. The van der Waals surface area contributed by atoms with Gasteiger partial charge in [0.2, 0.25) is 23.6 Å². The van der Waals surface area contributed by atoms with Crippen LogP contribution in [-0.2, 0) is 72.6 Å². The molecule has 2 rings (SSSR count). The number of amides is 4.